The minimum absolute atomic E-state index is 0.358. The van der Waals surface area contributed by atoms with Crippen LogP contribution in [0.4, 0.5) is 0 Å². The molecule has 1 aromatic rings. The summed E-state index contributed by atoms with van der Waals surface area (Å²) in [5.41, 5.74) is 0. The normalized spacial score (nSPS) is 22.8. The van der Waals surface area contributed by atoms with Gasteiger partial charge >= 0.3 is 0 Å². The molecule has 2 rings (SSSR count). The maximum Gasteiger partial charge on any atom is 0.180 e. The molecule has 1 saturated heterocycles. The summed E-state index contributed by atoms with van der Waals surface area (Å²) in [6.07, 6.45) is 1.73. The first-order valence-electron chi connectivity index (χ1n) is 3.76. The summed E-state index contributed by atoms with van der Waals surface area (Å²) in [7, 11) is 0. The number of aldehydes is 1. The van der Waals surface area contributed by atoms with Gasteiger partial charge in [-0.3, -0.25) is 4.79 Å². The second-order valence-electron chi connectivity index (χ2n) is 2.66. The Morgan fingerprint density at radius 3 is 3.08 bits per heavy atom. The van der Waals surface area contributed by atoms with E-state index in [4.69, 9.17) is 4.74 Å². The number of hydrogen-bond donors (Lipinski definition) is 0. The third-order valence-electron chi connectivity index (χ3n) is 1.84. The van der Waals surface area contributed by atoms with Crippen molar-refractivity contribution in [2.75, 3.05) is 13.2 Å². The van der Waals surface area contributed by atoms with Gasteiger partial charge in [0.1, 0.15) is 5.01 Å². The summed E-state index contributed by atoms with van der Waals surface area (Å²) in [6, 6.07) is 0. The maximum absolute atomic E-state index is 10.3. The lowest BCUT2D eigenvalue weighted by Gasteiger charge is -1.98. The van der Waals surface area contributed by atoms with E-state index >= 15 is 0 Å². The Morgan fingerprint density at radius 2 is 2.50 bits per heavy atom. The third kappa shape index (κ3) is 1.37. The van der Waals surface area contributed by atoms with E-state index in [0.717, 1.165) is 24.3 Å². The second-order valence-corrected chi connectivity index (χ2v) is 3.70. The topological polar surface area (TPSA) is 52.1 Å². The van der Waals surface area contributed by atoms with Gasteiger partial charge in [0.2, 0.25) is 0 Å². The quantitative estimate of drug-likeness (QED) is 0.639. The highest BCUT2D eigenvalue weighted by atomic mass is 32.1. The molecule has 4 nitrogen and oxygen atoms in total. The maximum atomic E-state index is 10.3. The highest BCUT2D eigenvalue weighted by molar-refractivity contribution is 7.12. The Bertz CT molecular complexity index is 281. The summed E-state index contributed by atoms with van der Waals surface area (Å²) in [5, 5.41) is 9.03. The lowest BCUT2D eigenvalue weighted by molar-refractivity contribution is 0.112. The van der Waals surface area contributed by atoms with Crippen LogP contribution in [-0.2, 0) is 4.74 Å². The molecule has 1 atom stereocenters. The van der Waals surface area contributed by atoms with Crippen LogP contribution in [0.3, 0.4) is 0 Å². The SMILES string of the molecule is O=Cc1nnc(C2CCOC2)s1. The molecule has 1 aromatic heterocycles. The minimum Gasteiger partial charge on any atom is -0.381 e. The van der Waals surface area contributed by atoms with Crippen molar-refractivity contribution < 1.29 is 9.53 Å². The van der Waals surface area contributed by atoms with Crippen LogP contribution in [-0.4, -0.2) is 29.7 Å². The van der Waals surface area contributed by atoms with Crippen LogP contribution in [0.25, 0.3) is 0 Å². The Morgan fingerprint density at radius 1 is 1.58 bits per heavy atom. The van der Waals surface area contributed by atoms with Gasteiger partial charge < -0.3 is 4.74 Å². The first-order valence-corrected chi connectivity index (χ1v) is 4.58. The monoisotopic (exact) mass is 184 g/mol. The third-order valence-corrected chi connectivity index (χ3v) is 2.85. The van der Waals surface area contributed by atoms with E-state index in [1.165, 1.54) is 11.3 Å². The fraction of sp³-hybridized carbons (Fsp3) is 0.571. The average Bonchev–Trinajstić information content (AvgIpc) is 2.75. The molecule has 0 aliphatic carbocycles. The highest BCUT2D eigenvalue weighted by Crippen LogP contribution is 2.26. The zero-order chi connectivity index (χ0) is 8.39. The van der Waals surface area contributed by atoms with Crippen molar-refractivity contribution in [1.29, 1.82) is 0 Å². The second kappa shape index (κ2) is 3.28. The van der Waals surface area contributed by atoms with Gasteiger partial charge in [0.15, 0.2) is 11.3 Å². The molecule has 1 fully saturated rings. The molecule has 0 radical (unpaired) electrons. The summed E-state index contributed by atoms with van der Waals surface area (Å²) in [4.78, 5) is 10.3. The first kappa shape index (κ1) is 7.82. The zero-order valence-corrected chi connectivity index (χ0v) is 7.21. The van der Waals surface area contributed by atoms with Crippen molar-refractivity contribution in [1.82, 2.24) is 10.2 Å². The van der Waals surface area contributed by atoms with Crippen LogP contribution < -0.4 is 0 Å². The number of hydrogen-bond acceptors (Lipinski definition) is 5. The molecular weight excluding hydrogens is 176 g/mol. The molecule has 0 N–H and O–H groups in total. The molecule has 1 aliphatic rings. The lowest BCUT2D eigenvalue weighted by Crippen LogP contribution is -1.95. The van der Waals surface area contributed by atoms with Crippen molar-refractivity contribution in [3.05, 3.63) is 10.0 Å². The van der Waals surface area contributed by atoms with E-state index in [-0.39, 0.29) is 0 Å². The molecule has 0 bridgehead atoms. The number of aromatic nitrogens is 2. The van der Waals surface area contributed by atoms with Gasteiger partial charge in [0.25, 0.3) is 0 Å². The number of carbonyl (C=O) groups is 1. The Kier molecular flexibility index (Phi) is 2.14. The number of carbonyl (C=O) groups excluding carboxylic acids is 1. The predicted octanol–water partition coefficient (Wildman–Crippen LogP) is 0.855. The van der Waals surface area contributed by atoms with E-state index in [2.05, 4.69) is 10.2 Å². The van der Waals surface area contributed by atoms with Gasteiger partial charge in [-0.1, -0.05) is 11.3 Å². The molecule has 0 amide bonds. The van der Waals surface area contributed by atoms with Crippen molar-refractivity contribution in [3.8, 4) is 0 Å². The van der Waals surface area contributed by atoms with Gasteiger partial charge in [-0.25, -0.2) is 0 Å². The first-order chi connectivity index (χ1) is 5.90. The number of ether oxygens (including phenoxy) is 1. The fourth-order valence-electron chi connectivity index (χ4n) is 1.19. The highest BCUT2D eigenvalue weighted by Gasteiger charge is 2.21. The standard InChI is InChI=1S/C7H8N2O2S/c10-3-6-8-9-7(12-6)5-1-2-11-4-5/h3,5H,1-2,4H2. The van der Waals surface area contributed by atoms with Crippen molar-refractivity contribution in [2.45, 2.75) is 12.3 Å². The van der Waals surface area contributed by atoms with Crippen molar-refractivity contribution >= 4 is 17.6 Å². The Balaban J connectivity index is 2.16. The van der Waals surface area contributed by atoms with Gasteiger partial charge in [-0.15, -0.1) is 10.2 Å². The molecule has 12 heavy (non-hydrogen) atoms. The molecule has 0 aromatic carbocycles. The van der Waals surface area contributed by atoms with Crippen LogP contribution in [0, 0.1) is 0 Å². The number of rotatable bonds is 2. The molecule has 2 heterocycles. The Hall–Kier alpha value is -0.810. The van der Waals surface area contributed by atoms with Crippen molar-refractivity contribution in [3.63, 3.8) is 0 Å². The molecule has 0 spiro atoms. The van der Waals surface area contributed by atoms with Gasteiger partial charge in [0.05, 0.1) is 6.61 Å². The van der Waals surface area contributed by atoms with Gasteiger partial charge in [-0.2, -0.15) is 0 Å². The lowest BCUT2D eigenvalue weighted by atomic mass is 10.1. The zero-order valence-electron chi connectivity index (χ0n) is 6.40. The van der Waals surface area contributed by atoms with E-state index in [9.17, 15) is 4.79 Å². The summed E-state index contributed by atoms with van der Waals surface area (Å²) in [6.45, 7) is 1.51. The van der Waals surface area contributed by atoms with Crippen LogP contribution in [0.5, 0.6) is 0 Å². The van der Waals surface area contributed by atoms with Crippen LogP contribution in [0.15, 0.2) is 0 Å². The van der Waals surface area contributed by atoms with E-state index in [1.54, 1.807) is 0 Å². The fourth-order valence-corrected chi connectivity index (χ4v) is 1.97. The Labute approximate surface area is 73.6 Å². The van der Waals surface area contributed by atoms with E-state index in [0.29, 0.717) is 17.5 Å². The molecule has 1 unspecified atom stereocenters. The average molecular weight is 184 g/mol. The van der Waals surface area contributed by atoms with Crippen LogP contribution in [0.2, 0.25) is 0 Å². The van der Waals surface area contributed by atoms with Crippen LogP contribution in [0.1, 0.15) is 27.1 Å². The molecule has 0 saturated carbocycles. The van der Waals surface area contributed by atoms with Gasteiger partial charge in [0, 0.05) is 12.5 Å². The minimum atomic E-state index is 0.358. The smallest absolute Gasteiger partial charge is 0.180 e. The summed E-state index contributed by atoms with van der Waals surface area (Å²) >= 11 is 1.36. The molecule has 1 aliphatic heterocycles. The molecule has 5 heteroatoms. The van der Waals surface area contributed by atoms with Crippen LogP contribution >= 0.6 is 11.3 Å². The van der Waals surface area contributed by atoms with Gasteiger partial charge in [-0.05, 0) is 6.42 Å². The van der Waals surface area contributed by atoms with E-state index in [1.807, 2.05) is 0 Å². The number of nitrogens with zero attached hydrogens (tertiary/aromatic N) is 2. The molecular formula is C7H8N2O2S. The van der Waals surface area contributed by atoms with E-state index < -0.39 is 0 Å². The summed E-state index contributed by atoms with van der Waals surface area (Å²) in [5.74, 6) is 0.358. The predicted molar refractivity (Wildman–Crippen MR) is 43.5 cm³/mol. The summed E-state index contributed by atoms with van der Waals surface area (Å²) < 4.78 is 5.20. The molecule has 64 valence electrons. The van der Waals surface area contributed by atoms with Crippen molar-refractivity contribution in [2.24, 2.45) is 0 Å². The largest absolute Gasteiger partial charge is 0.381 e.